The number of para-hydroxylation sites is 2. The average Bonchev–Trinajstić information content (AvgIpc) is 2.49. The molecule has 0 aliphatic rings. The van der Waals surface area contributed by atoms with E-state index in [1.54, 1.807) is 13.1 Å². The largest absolute Gasteiger partial charge is 0.385 e. The number of anilines is 2. The maximum atomic E-state index is 13.7. The van der Waals surface area contributed by atoms with Crippen molar-refractivity contribution in [1.29, 1.82) is 0 Å². The molecule has 2 aromatic rings. The Morgan fingerprint density at radius 1 is 1.14 bits per heavy atom. The minimum Gasteiger partial charge on any atom is -0.385 e. The normalized spacial score (nSPS) is 10.2. The van der Waals surface area contributed by atoms with E-state index in [9.17, 15) is 9.18 Å². The molecule has 21 heavy (non-hydrogen) atoms. The summed E-state index contributed by atoms with van der Waals surface area (Å²) in [5, 5.41) is 5.60. The highest BCUT2D eigenvalue weighted by Gasteiger charge is 2.15. The third-order valence-corrected chi connectivity index (χ3v) is 3.29. The molecular formula is C17H19FN2O. The van der Waals surface area contributed by atoms with Crippen LogP contribution in [0, 0.1) is 5.82 Å². The van der Waals surface area contributed by atoms with Gasteiger partial charge in [0.05, 0.1) is 11.3 Å². The van der Waals surface area contributed by atoms with Gasteiger partial charge in [-0.15, -0.1) is 0 Å². The van der Waals surface area contributed by atoms with Gasteiger partial charge in [-0.2, -0.15) is 0 Å². The van der Waals surface area contributed by atoms with E-state index >= 15 is 0 Å². The molecule has 0 fully saturated rings. The fraction of sp³-hybridized carbons (Fsp3) is 0.235. The Hall–Kier alpha value is -2.36. The van der Waals surface area contributed by atoms with E-state index in [0.717, 1.165) is 24.1 Å². The molecule has 0 saturated carbocycles. The van der Waals surface area contributed by atoms with Gasteiger partial charge >= 0.3 is 0 Å². The molecule has 1 amide bonds. The van der Waals surface area contributed by atoms with Crippen LogP contribution in [-0.2, 0) is 6.42 Å². The van der Waals surface area contributed by atoms with Crippen molar-refractivity contribution >= 4 is 17.3 Å². The van der Waals surface area contributed by atoms with Gasteiger partial charge in [0, 0.05) is 12.7 Å². The zero-order valence-electron chi connectivity index (χ0n) is 12.2. The van der Waals surface area contributed by atoms with Crippen LogP contribution in [0.5, 0.6) is 0 Å². The van der Waals surface area contributed by atoms with E-state index in [-0.39, 0.29) is 11.6 Å². The third kappa shape index (κ3) is 3.40. The number of hydrogen-bond donors (Lipinski definition) is 2. The molecule has 2 rings (SSSR count). The standard InChI is InChI=1S/C17H19FN2O/c1-3-7-12-8-4-5-11-15(12)20-17(21)13-9-6-10-14(18)16(13)19-2/h4-6,8-11,19H,3,7H2,1-2H3,(H,20,21). The Morgan fingerprint density at radius 3 is 2.62 bits per heavy atom. The van der Waals surface area contributed by atoms with Crippen molar-refractivity contribution in [3.05, 3.63) is 59.4 Å². The van der Waals surface area contributed by atoms with Crippen LogP contribution in [-0.4, -0.2) is 13.0 Å². The van der Waals surface area contributed by atoms with Gasteiger partial charge in [-0.3, -0.25) is 4.79 Å². The number of aryl methyl sites for hydroxylation is 1. The third-order valence-electron chi connectivity index (χ3n) is 3.29. The highest BCUT2D eigenvalue weighted by Crippen LogP contribution is 2.22. The van der Waals surface area contributed by atoms with Gasteiger partial charge in [0.25, 0.3) is 5.91 Å². The summed E-state index contributed by atoms with van der Waals surface area (Å²) in [6.07, 6.45) is 1.88. The van der Waals surface area contributed by atoms with Gasteiger partial charge in [0.15, 0.2) is 0 Å². The molecular weight excluding hydrogens is 267 g/mol. The molecule has 4 heteroatoms. The molecule has 0 heterocycles. The Morgan fingerprint density at radius 2 is 1.90 bits per heavy atom. The first-order valence-electron chi connectivity index (χ1n) is 7.03. The number of carbonyl (C=O) groups excluding carboxylic acids is 1. The van der Waals surface area contributed by atoms with Crippen LogP contribution >= 0.6 is 0 Å². The van der Waals surface area contributed by atoms with Gasteiger partial charge in [-0.1, -0.05) is 37.6 Å². The lowest BCUT2D eigenvalue weighted by atomic mass is 10.1. The van der Waals surface area contributed by atoms with Gasteiger partial charge in [-0.25, -0.2) is 4.39 Å². The van der Waals surface area contributed by atoms with Crippen LogP contribution in [0.15, 0.2) is 42.5 Å². The number of halogens is 1. The highest BCUT2D eigenvalue weighted by molar-refractivity contribution is 6.08. The topological polar surface area (TPSA) is 41.1 Å². The summed E-state index contributed by atoms with van der Waals surface area (Å²) in [6, 6.07) is 12.1. The molecule has 0 radical (unpaired) electrons. The maximum absolute atomic E-state index is 13.7. The number of rotatable bonds is 5. The Labute approximate surface area is 124 Å². The molecule has 0 bridgehead atoms. The molecule has 2 N–H and O–H groups in total. The number of amides is 1. The second-order valence-corrected chi connectivity index (χ2v) is 4.77. The van der Waals surface area contributed by atoms with Crippen molar-refractivity contribution in [2.24, 2.45) is 0 Å². The quantitative estimate of drug-likeness (QED) is 0.869. The average molecular weight is 286 g/mol. The molecule has 0 aromatic heterocycles. The van der Waals surface area contributed by atoms with Gasteiger partial charge in [0.1, 0.15) is 5.82 Å². The zero-order valence-corrected chi connectivity index (χ0v) is 12.2. The highest BCUT2D eigenvalue weighted by atomic mass is 19.1. The number of carbonyl (C=O) groups is 1. The summed E-state index contributed by atoms with van der Waals surface area (Å²) in [4.78, 5) is 12.4. The summed E-state index contributed by atoms with van der Waals surface area (Å²) >= 11 is 0. The van der Waals surface area contributed by atoms with Crippen LogP contribution in [0.4, 0.5) is 15.8 Å². The molecule has 0 aliphatic heterocycles. The lowest BCUT2D eigenvalue weighted by Crippen LogP contribution is -2.15. The summed E-state index contributed by atoms with van der Waals surface area (Å²) in [5.41, 5.74) is 2.36. The van der Waals surface area contributed by atoms with Gasteiger partial charge in [0.2, 0.25) is 0 Å². The summed E-state index contributed by atoms with van der Waals surface area (Å²) in [7, 11) is 1.60. The second kappa shape index (κ2) is 6.88. The van der Waals surface area contributed by atoms with Crippen molar-refractivity contribution in [3.63, 3.8) is 0 Å². The van der Waals surface area contributed by atoms with Crippen molar-refractivity contribution in [2.75, 3.05) is 17.7 Å². The summed E-state index contributed by atoms with van der Waals surface area (Å²) < 4.78 is 13.7. The van der Waals surface area contributed by atoms with Crippen LogP contribution in [0.3, 0.4) is 0 Å². The molecule has 3 nitrogen and oxygen atoms in total. The molecule has 0 saturated heterocycles. The fourth-order valence-electron chi connectivity index (χ4n) is 2.29. The molecule has 0 unspecified atom stereocenters. The smallest absolute Gasteiger partial charge is 0.257 e. The predicted molar refractivity (Wildman–Crippen MR) is 84.3 cm³/mol. The van der Waals surface area contributed by atoms with Gasteiger partial charge in [-0.05, 0) is 30.2 Å². The zero-order chi connectivity index (χ0) is 15.2. The minimum atomic E-state index is -0.438. The van der Waals surface area contributed by atoms with E-state index < -0.39 is 5.82 Å². The molecule has 0 aliphatic carbocycles. The van der Waals surface area contributed by atoms with Gasteiger partial charge < -0.3 is 10.6 Å². The first-order valence-corrected chi connectivity index (χ1v) is 7.03. The molecule has 0 spiro atoms. The molecule has 2 aromatic carbocycles. The van der Waals surface area contributed by atoms with Crippen LogP contribution in [0.25, 0.3) is 0 Å². The summed E-state index contributed by atoms with van der Waals surface area (Å²) in [6.45, 7) is 2.09. The predicted octanol–water partition coefficient (Wildman–Crippen LogP) is 4.07. The Kier molecular flexibility index (Phi) is 4.93. The lowest BCUT2D eigenvalue weighted by Gasteiger charge is -2.13. The van der Waals surface area contributed by atoms with Crippen molar-refractivity contribution in [3.8, 4) is 0 Å². The van der Waals surface area contributed by atoms with Crippen LogP contribution in [0.2, 0.25) is 0 Å². The van der Waals surface area contributed by atoms with Crippen LogP contribution < -0.4 is 10.6 Å². The Balaban J connectivity index is 2.29. The van der Waals surface area contributed by atoms with Crippen LogP contribution in [0.1, 0.15) is 29.3 Å². The van der Waals surface area contributed by atoms with E-state index in [1.807, 2.05) is 24.3 Å². The SMILES string of the molecule is CCCc1ccccc1NC(=O)c1cccc(F)c1NC. The Bertz CT molecular complexity index is 640. The van der Waals surface area contributed by atoms with E-state index in [0.29, 0.717) is 5.56 Å². The molecule has 0 atom stereocenters. The van der Waals surface area contributed by atoms with Crippen molar-refractivity contribution in [1.82, 2.24) is 0 Å². The monoisotopic (exact) mass is 286 g/mol. The van der Waals surface area contributed by atoms with E-state index in [2.05, 4.69) is 17.6 Å². The minimum absolute atomic E-state index is 0.211. The van der Waals surface area contributed by atoms with E-state index in [1.165, 1.54) is 12.1 Å². The fourth-order valence-corrected chi connectivity index (χ4v) is 2.29. The van der Waals surface area contributed by atoms with E-state index in [4.69, 9.17) is 0 Å². The molecule has 110 valence electrons. The summed E-state index contributed by atoms with van der Waals surface area (Å²) in [5.74, 6) is -0.755. The first-order chi connectivity index (χ1) is 10.2. The number of hydrogen-bond acceptors (Lipinski definition) is 2. The van der Waals surface area contributed by atoms with Crippen molar-refractivity contribution < 1.29 is 9.18 Å². The first kappa shape index (κ1) is 15.0. The number of benzene rings is 2. The lowest BCUT2D eigenvalue weighted by molar-refractivity contribution is 0.102. The second-order valence-electron chi connectivity index (χ2n) is 4.77. The number of nitrogens with one attached hydrogen (secondary N) is 2. The van der Waals surface area contributed by atoms with Crippen molar-refractivity contribution in [2.45, 2.75) is 19.8 Å². The maximum Gasteiger partial charge on any atom is 0.257 e.